The Bertz CT molecular complexity index is 621. The van der Waals surface area contributed by atoms with Crippen molar-refractivity contribution in [3.8, 4) is 5.75 Å². The molecular weight excluding hydrogens is 290 g/mol. The summed E-state index contributed by atoms with van der Waals surface area (Å²) >= 11 is 0. The molecule has 0 unspecified atom stereocenters. The summed E-state index contributed by atoms with van der Waals surface area (Å²) in [6.07, 6.45) is 3.39. The predicted octanol–water partition coefficient (Wildman–Crippen LogP) is 4.02. The Morgan fingerprint density at radius 2 is 1.83 bits per heavy atom. The van der Waals surface area contributed by atoms with Gasteiger partial charge in [0.25, 0.3) is 0 Å². The fourth-order valence-electron chi connectivity index (χ4n) is 1.95. The summed E-state index contributed by atoms with van der Waals surface area (Å²) in [6, 6.07) is 17.4. The average Bonchev–Trinajstić information content (AvgIpc) is 2.59. The minimum absolute atomic E-state index is 0.273. The van der Waals surface area contributed by atoms with Crippen LogP contribution in [0.5, 0.6) is 5.75 Å². The maximum atomic E-state index is 11.6. The molecule has 0 aromatic heterocycles. The van der Waals surface area contributed by atoms with E-state index in [1.165, 1.54) is 0 Å². The lowest BCUT2D eigenvalue weighted by molar-refractivity contribution is 0.141. The lowest BCUT2D eigenvalue weighted by Crippen LogP contribution is -2.24. The van der Waals surface area contributed by atoms with Crippen LogP contribution in [0.25, 0.3) is 6.08 Å². The third-order valence-corrected chi connectivity index (χ3v) is 3.08. The largest absolute Gasteiger partial charge is 0.494 e. The van der Waals surface area contributed by atoms with E-state index in [9.17, 15) is 4.79 Å². The van der Waals surface area contributed by atoms with Gasteiger partial charge in [-0.2, -0.15) is 0 Å². The van der Waals surface area contributed by atoms with Gasteiger partial charge in [0.05, 0.1) is 6.61 Å². The molecule has 0 aliphatic heterocycles. The second-order valence-corrected chi connectivity index (χ2v) is 4.85. The molecule has 0 radical (unpaired) electrons. The van der Waals surface area contributed by atoms with Gasteiger partial charge in [0.1, 0.15) is 12.4 Å². The Kier molecular flexibility index (Phi) is 6.72. The van der Waals surface area contributed by atoms with Crippen molar-refractivity contribution in [1.82, 2.24) is 5.32 Å². The molecule has 0 fully saturated rings. The highest BCUT2D eigenvalue weighted by Crippen LogP contribution is 2.12. The fraction of sp³-hybridized carbons (Fsp3) is 0.211. The lowest BCUT2D eigenvalue weighted by Gasteiger charge is -2.05. The minimum Gasteiger partial charge on any atom is -0.494 e. The number of amides is 1. The van der Waals surface area contributed by atoms with Gasteiger partial charge < -0.3 is 14.8 Å². The van der Waals surface area contributed by atoms with E-state index in [0.717, 1.165) is 16.9 Å². The molecule has 0 spiro atoms. The number of hydrogen-bond donors (Lipinski definition) is 1. The standard InChI is InChI=1S/C19H21NO3/c1-2-22-18-12-10-16(11-13-18)9-6-14-20-19(21)23-15-17-7-4-3-5-8-17/h3-13H,2,14-15H2,1H3,(H,20,21). The van der Waals surface area contributed by atoms with Crippen molar-refractivity contribution in [2.75, 3.05) is 13.2 Å². The molecular formula is C19H21NO3. The number of nitrogens with one attached hydrogen (secondary N) is 1. The van der Waals surface area contributed by atoms with Crippen LogP contribution in [0.1, 0.15) is 18.1 Å². The highest BCUT2D eigenvalue weighted by molar-refractivity contribution is 5.67. The van der Waals surface area contributed by atoms with Gasteiger partial charge in [0.15, 0.2) is 0 Å². The van der Waals surface area contributed by atoms with Crippen molar-refractivity contribution in [3.05, 3.63) is 71.8 Å². The zero-order valence-electron chi connectivity index (χ0n) is 13.2. The van der Waals surface area contributed by atoms with Crippen molar-refractivity contribution < 1.29 is 14.3 Å². The van der Waals surface area contributed by atoms with E-state index in [0.29, 0.717) is 13.2 Å². The normalized spacial score (nSPS) is 10.5. The van der Waals surface area contributed by atoms with Crippen LogP contribution in [0.3, 0.4) is 0 Å². The number of rotatable bonds is 7. The Morgan fingerprint density at radius 3 is 2.52 bits per heavy atom. The Labute approximate surface area is 136 Å². The monoisotopic (exact) mass is 311 g/mol. The number of carbonyl (C=O) groups excluding carboxylic acids is 1. The molecule has 1 N–H and O–H groups in total. The number of carbonyl (C=O) groups is 1. The molecule has 0 atom stereocenters. The number of hydrogen-bond acceptors (Lipinski definition) is 3. The summed E-state index contributed by atoms with van der Waals surface area (Å²) in [5, 5.41) is 2.68. The van der Waals surface area contributed by atoms with Gasteiger partial charge in [-0.3, -0.25) is 0 Å². The summed E-state index contributed by atoms with van der Waals surface area (Å²) in [4.78, 5) is 11.6. The Morgan fingerprint density at radius 1 is 1.09 bits per heavy atom. The SMILES string of the molecule is CCOc1ccc(C=CCNC(=O)OCc2ccccc2)cc1. The molecule has 0 aliphatic rings. The summed E-state index contributed by atoms with van der Waals surface area (Å²) in [6.45, 7) is 3.30. The van der Waals surface area contributed by atoms with Gasteiger partial charge in [-0.25, -0.2) is 4.79 Å². The Hall–Kier alpha value is -2.75. The molecule has 0 aliphatic carbocycles. The summed E-state index contributed by atoms with van der Waals surface area (Å²) in [7, 11) is 0. The molecule has 0 bridgehead atoms. The third kappa shape index (κ3) is 6.26. The van der Waals surface area contributed by atoms with Crippen molar-refractivity contribution in [1.29, 1.82) is 0 Å². The molecule has 4 heteroatoms. The second kappa shape index (κ2) is 9.30. The van der Waals surface area contributed by atoms with Gasteiger partial charge in [0.2, 0.25) is 0 Å². The quantitative estimate of drug-likeness (QED) is 0.840. The number of alkyl carbamates (subject to hydrolysis) is 1. The highest BCUT2D eigenvalue weighted by atomic mass is 16.5. The van der Waals surface area contributed by atoms with Crippen molar-refractivity contribution in [2.45, 2.75) is 13.5 Å². The zero-order valence-corrected chi connectivity index (χ0v) is 13.2. The smallest absolute Gasteiger partial charge is 0.407 e. The molecule has 4 nitrogen and oxygen atoms in total. The maximum absolute atomic E-state index is 11.6. The molecule has 2 rings (SSSR count). The van der Waals surface area contributed by atoms with Crippen LogP contribution in [-0.4, -0.2) is 19.2 Å². The lowest BCUT2D eigenvalue weighted by atomic mass is 10.2. The third-order valence-electron chi connectivity index (χ3n) is 3.08. The molecule has 120 valence electrons. The molecule has 0 saturated carbocycles. The molecule has 0 saturated heterocycles. The predicted molar refractivity (Wildman–Crippen MR) is 91.3 cm³/mol. The van der Waals surface area contributed by atoms with E-state index in [4.69, 9.17) is 9.47 Å². The van der Waals surface area contributed by atoms with Crippen LogP contribution in [-0.2, 0) is 11.3 Å². The molecule has 2 aromatic carbocycles. The van der Waals surface area contributed by atoms with Gasteiger partial charge in [-0.05, 0) is 30.2 Å². The van der Waals surface area contributed by atoms with E-state index in [1.54, 1.807) is 0 Å². The van der Waals surface area contributed by atoms with E-state index in [1.807, 2.05) is 73.7 Å². The first-order chi connectivity index (χ1) is 11.3. The Balaban J connectivity index is 1.68. The molecule has 23 heavy (non-hydrogen) atoms. The van der Waals surface area contributed by atoms with Gasteiger partial charge >= 0.3 is 6.09 Å². The average molecular weight is 311 g/mol. The van der Waals surface area contributed by atoms with Crippen LogP contribution in [0.4, 0.5) is 4.79 Å². The zero-order chi connectivity index (χ0) is 16.3. The maximum Gasteiger partial charge on any atom is 0.407 e. The van der Waals surface area contributed by atoms with Gasteiger partial charge in [-0.15, -0.1) is 0 Å². The van der Waals surface area contributed by atoms with Gasteiger partial charge in [-0.1, -0.05) is 54.6 Å². The van der Waals surface area contributed by atoms with E-state index >= 15 is 0 Å². The van der Waals surface area contributed by atoms with E-state index in [2.05, 4.69) is 5.32 Å². The van der Waals surface area contributed by atoms with Crippen molar-refractivity contribution in [2.24, 2.45) is 0 Å². The number of benzene rings is 2. The van der Waals surface area contributed by atoms with Crippen LogP contribution in [0, 0.1) is 0 Å². The number of ether oxygens (including phenoxy) is 2. The van der Waals surface area contributed by atoms with E-state index < -0.39 is 6.09 Å². The summed E-state index contributed by atoms with van der Waals surface area (Å²) in [5.74, 6) is 0.854. The van der Waals surface area contributed by atoms with Crippen LogP contribution < -0.4 is 10.1 Å². The van der Waals surface area contributed by atoms with Crippen molar-refractivity contribution >= 4 is 12.2 Å². The molecule has 0 heterocycles. The fourth-order valence-corrected chi connectivity index (χ4v) is 1.95. The van der Waals surface area contributed by atoms with Crippen LogP contribution in [0.2, 0.25) is 0 Å². The first-order valence-corrected chi connectivity index (χ1v) is 7.62. The first-order valence-electron chi connectivity index (χ1n) is 7.62. The van der Waals surface area contributed by atoms with Crippen LogP contribution >= 0.6 is 0 Å². The molecule has 2 aromatic rings. The van der Waals surface area contributed by atoms with E-state index in [-0.39, 0.29) is 6.61 Å². The summed E-state index contributed by atoms with van der Waals surface area (Å²) in [5.41, 5.74) is 2.01. The van der Waals surface area contributed by atoms with Crippen molar-refractivity contribution in [3.63, 3.8) is 0 Å². The molecule has 1 amide bonds. The van der Waals surface area contributed by atoms with Gasteiger partial charge in [0, 0.05) is 6.54 Å². The summed E-state index contributed by atoms with van der Waals surface area (Å²) < 4.78 is 10.5. The first kappa shape index (κ1) is 16.6. The minimum atomic E-state index is -0.426. The van der Waals surface area contributed by atoms with Crippen LogP contribution in [0.15, 0.2) is 60.7 Å². The second-order valence-electron chi connectivity index (χ2n) is 4.85. The topological polar surface area (TPSA) is 47.6 Å². The highest BCUT2D eigenvalue weighted by Gasteiger charge is 2.00.